The van der Waals surface area contributed by atoms with Crippen LogP contribution < -0.4 is 5.32 Å². The molecule has 1 aliphatic carbocycles. The Balaban J connectivity index is 2.02. The Kier molecular flexibility index (Phi) is 3.40. The van der Waals surface area contributed by atoms with Crippen molar-refractivity contribution in [2.75, 3.05) is 12.4 Å². The summed E-state index contributed by atoms with van der Waals surface area (Å²) >= 11 is 0. The van der Waals surface area contributed by atoms with Crippen molar-refractivity contribution >= 4 is 17.0 Å². The van der Waals surface area contributed by atoms with Gasteiger partial charge in [0.2, 0.25) is 0 Å². The number of anilines is 1. The summed E-state index contributed by atoms with van der Waals surface area (Å²) < 4.78 is 0. The third-order valence-electron chi connectivity index (χ3n) is 4.46. The zero-order valence-electron chi connectivity index (χ0n) is 12.7. The standard InChI is InChI=1S/C16H24N4/c1-11(2)10-16(8-4-5-9-16)15-18-12-6-7-13(17-3)19-14(12)20-15/h6-7,11H,4-5,8-10H2,1-3H3,(H2,17,18,19,20). The number of aromatic nitrogens is 3. The van der Waals surface area contributed by atoms with Gasteiger partial charge in [0, 0.05) is 12.5 Å². The van der Waals surface area contributed by atoms with Gasteiger partial charge in [0.1, 0.15) is 11.6 Å². The number of rotatable bonds is 4. The molecule has 2 aromatic heterocycles. The number of imidazole rings is 1. The molecule has 0 bridgehead atoms. The molecule has 0 aliphatic heterocycles. The first-order valence-corrected chi connectivity index (χ1v) is 7.68. The van der Waals surface area contributed by atoms with E-state index in [0.717, 1.165) is 22.8 Å². The first-order valence-electron chi connectivity index (χ1n) is 7.68. The van der Waals surface area contributed by atoms with Crippen molar-refractivity contribution in [3.8, 4) is 0 Å². The Morgan fingerprint density at radius 2 is 2.00 bits per heavy atom. The highest BCUT2D eigenvalue weighted by Gasteiger charge is 2.38. The van der Waals surface area contributed by atoms with Gasteiger partial charge in [0.25, 0.3) is 0 Å². The smallest absolute Gasteiger partial charge is 0.179 e. The van der Waals surface area contributed by atoms with Gasteiger partial charge < -0.3 is 10.3 Å². The number of H-pyrrole nitrogens is 1. The van der Waals surface area contributed by atoms with Crippen LogP contribution in [-0.2, 0) is 5.41 Å². The number of hydrogen-bond donors (Lipinski definition) is 2. The Morgan fingerprint density at radius 3 is 2.65 bits per heavy atom. The van der Waals surface area contributed by atoms with Gasteiger partial charge in [-0.1, -0.05) is 26.7 Å². The van der Waals surface area contributed by atoms with Crippen molar-refractivity contribution in [2.45, 2.75) is 51.4 Å². The molecule has 3 rings (SSSR count). The topological polar surface area (TPSA) is 53.6 Å². The van der Waals surface area contributed by atoms with E-state index in [1.54, 1.807) is 0 Å². The van der Waals surface area contributed by atoms with E-state index < -0.39 is 0 Å². The average molecular weight is 272 g/mol. The van der Waals surface area contributed by atoms with E-state index in [2.05, 4.69) is 35.2 Å². The summed E-state index contributed by atoms with van der Waals surface area (Å²) in [5.74, 6) is 2.72. The van der Waals surface area contributed by atoms with E-state index in [9.17, 15) is 0 Å². The summed E-state index contributed by atoms with van der Waals surface area (Å²) in [6, 6.07) is 4.07. The van der Waals surface area contributed by atoms with Crippen LogP contribution in [0.3, 0.4) is 0 Å². The minimum absolute atomic E-state index is 0.245. The Morgan fingerprint density at radius 1 is 1.25 bits per heavy atom. The quantitative estimate of drug-likeness (QED) is 0.888. The molecule has 0 spiro atoms. The SMILES string of the molecule is CNc1ccc2[nH]c(C3(CC(C)C)CCCC3)nc2n1. The molecule has 1 saturated carbocycles. The van der Waals surface area contributed by atoms with E-state index >= 15 is 0 Å². The van der Waals surface area contributed by atoms with Gasteiger partial charge in [-0.2, -0.15) is 0 Å². The van der Waals surface area contributed by atoms with E-state index in [4.69, 9.17) is 4.98 Å². The van der Waals surface area contributed by atoms with Crippen LogP contribution in [0.5, 0.6) is 0 Å². The van der Waals surface area contributed by atoms with Crippen molar-refractivity contribution in [3.05, 3.63) is 18.0 Å². The van der Waals surface area contributed by atoms with Gasteiger partial charge in [0.05, 0.1) is 5.52 Å². The lowest BCUT2D eigenvalue weighted by atomic mass is 9.78. The van der Waals surface area contributed by atoms with Gasteiger partial charge in [-0.05, 0) is 37.3 Å². The lowest BCUT2D eigenvalue weighted by Crippen LogP contribution is -2.25. The summed E-state index contributed by atoms with van der Waals surface area (Å²) in [5, 5.41) is 3.07. The van der Waals surface area contributed by atoms with Crippen molar-refractivity contribution in [3.63, 3.8) is 0 Å². The number of fused-ring (bicyclic) bond motifs is 1. The van der Waals surface area contributed by atoms with Gasteiger partial charge in [-0.25, -0.2) is 9.97 Å². The maximum Gasteiger partial charge on any atom is 0.179 e. The summed E-state index contributed by atoms with van der Waals surface area (Å²) in [5.41, 5.74) is 2.13. The lowest BCUT2D eigenvalue weighted by molar-refractivity contribution is 0.332. The van der Waals surface area contributed by atoms with Crippen LogP contribution >= 0.6 is 0 Å². The average Bonchev–Trinajstić information content (AvgIpc) is 3.03. The predicted molar refractivity (Wildman–Crippen MR) is 83.0 cm³/mol. The van der Waals surface area contributed by atoms with E-state index in [0.29, 0.717) is 5.92 Å². The molecule has 1 fully saturated rings. The van der Waals surface area contributed by atoms with E-state index in [1.807, 2.05) is 13.1 Å². The van der Waals surface area contributed by atoms with Crippen LogP contribution in [0, 0.1) is 5.92 Å². The largest absolute Gasteiger partial charge is 0.373 e. The molecular formula is C16H24N4. The second-order valence-electron chi connectivity index (χ2n) is 6.49. The number of pyridine rings is 1. The van der Waals surface area contributed by atoms with Crippen LogP contribution in [-0.4, -0.2) is 22.0 Å². The third kappa shape index (κ3) is 2.28. The second-order valence-corrected chi connectivity index (χ2v) is 6.49. The molecule has 0 unspecified atom stereocenters. The molecular weight excluding hydrogens is 248 g/mol. The lowest BCUT2D eigenvalue weighted by Gasteiger charge is -2.28. The van der Waals surface area contributed by atoms with Crippen LogP contribution in [0.1, 0.15) is 51.8 Å². The molecule has 4 heteroatoms. The van der Waals surface area contributed by atoms with Crippen molar-refractivity contribution in [2.24, 2.45) is 5.92 Å². The predicted octanol–water partition coefficient (Wildman–Crippen LogP) is 3.86. The number of hydrogen-bond acceptors (Lipinski definition) is 3. The summed E-state index contributed by atoms with van der Waals surface area (Å²) in [7, 11) is 1.89. The molecule has 0 amide bonds. The number of nitrogens with zero attached hydrogens (tertiary/aromatic N) is 2. The minimum Gasteiger partial charge on any atom is -0.373 e. The van der Waals surface area contributed by atoms with Gasteiger partial charge in [-0.3, -0.25) is 0 Å². The molecule has 108 valence electrons. The molecule has 4 nitrogen and oxygen atoms in total. The number of nitrogens with one attached hydrogen (secondary N) is 2. The van der Waals surface area contributed by atoms with Gasteiger partial charge in [0.15, 0.2) is 5.65 Å². The molecule has 0 atom stereocenters. The fourth-order valence-corrected chi connectivity index (χ4v) is 3.65. The molecule has 20 heavy (non-hydrogen) atoms. The van der Waals surface area contributed by atoms with Gasteiger partial charge in [-0.15, -0.1) is 0 Å². The maximum atomic E-state index is 4.82. The molecule has 2 N–H and O–H groups in total. The molecule has 0 aromatic carbocycles. The summed E-state index contributed by atoms with van der Waals surface area (Å²) in [6.45, 7) is 4.61. The Bertz CT molecular complexity index is 594. The number of aromatic amines is 1. The highest BCUT2D eigenvalue weighted by atomic mass is 15.0. The molecule has 2 aromatic rings. The molecule has 0 radical (unpaired) electrons. The van der Waals surface area contributed by atoms with E-state index in [1.165, 1.54) is 32.1 Å². The van der Waals surface area contributed by atoms with Crippen LogP contribution in [0.4, 0.5) is 5.82 Å². The maximum absolute atomic E-state index is 4.82. The van der Waals surface area contributed by atoms with Crippen LogP contribution in [0.2, 0.25) is 0 Å². The summed E-state index contributed by atoms with van der Waals surface area (Å²) in [4.78, 5) is 12.9. The van der Waals surface area contributed by atoms with Gasteiger partial charge >= 0.3 is 0 Å². The van der Waals surface area contributed by atoms with Crippen molar-refractivity contribution in [1.82, 2.24) is 15.0 Å². The first kappa shape index (κ1) is 13.4. The highest BCUT2D eigenvalue weighted by molar-refractivity contribution is 5.73. The fourth-order valence-electron chi connectivity index (χ4n) is 3.65. The highest BCUT2D eigenvalue weighted by Crippen LogP contribution is 2.44. The Hall–Kier alpha value is -1.58. The Labute approximate surface area is 120 Å². The first-order chi connectivity index (χ1) is 9.63. The molecule has 2 heterocycles. The zero-order chi connectivity index (χ0) is 14.2. The zero-order valence-corrected chi connectivity index (χ0v) is 12.7. The molecule has 0 saturated heterocycles. The van der Waals surface area contributed by atoms with Crippen LogP contribution in [0.25, 0.3) is 11.2 Å². The van der Waals surface area contributed by atoms with Crippen LogP contribution in [0.15, 0.2) is 12.1 Å². The van der Waals surface area contributed by atoms with Crippen molar-refractivity contribution < 1.29 is 0 Å². The monoisotopic (exact) mass is 272 g/mol. The fraction of sp³-hybridized carbons (Fsp3) is 0.625. The van der Waals surface area contributed by atoms with E-state index in [-0.39, 0.29) is 5.41 Å². The molecule has 1 aliphatic rings. The third-order valence-corrected chi connectivity index (χ3v) is 4.46. The minimum atomic E-state index is 0.245. The normalized spacial score (nSPS) is 18.0. The second kappa shape index (κ2) is 5.08. The van der Waals surface area contributed by atoms with Crippen molar-refractivity contribution in [1.29, 1.82) is 0 Å². The summed E-state index contributed by atoms with van der Waals surface area (Å²) in [6.07, 6.45) is 6.36.